The Balaban J connectivity index is 1.39. The van der Waals surface area contributed by atoms with E-state index < -0.39 is 17.9 Å². The van der Waals surface area contributed by atoms with Crippen LogP contribution in [-0.2, 0) is 14.4 Å². The van der Waals surface area contributed by atoms with Gasteiger partial charge in [-0.25, -0.2) is 0 Å². The molecule has 188 valence electrons. The molecule has 3 amide bonds. The van der Waals surface area contributed by atoms with Crippen LogP contribution in [0.2, 0.25) is 5.02 Å². The Bertz CT molecular complexity index is 1320. The van der Waals surface area contributed by atoms with Crippen LogP contribution in [0, 0.1) is 18.8 Å². The van der Waals surface area contributed by atoms with Crippen LogP contribution in [0.3, 0.4) is 0 Å². The van der Waals surface area contributed by atoms with Crippen LogP contribution in [-0.4, -0.2) is 28.7 Å². The van der Waals surface area contributed by atoms with Gasteiger partial charge >= 0.3 is 0 Å². The molecule has 1 N–H and O–H groups in total. The molecule has 3 aliphatic carbocycles. The number of rotatable bonds is 6. The zero-order valence-electron chi connectivity index (χ0n) is 20.9. The summed E-state index contributed by atoms with van der Waals surface area (Å²) in [5, 5.41) is 3.47. The van der Waals surface area contributed by atoms with Crippen molar-refractivity contribution in [2.75, 3.05) is 5.32 Å². The first-order chi connectivity index (χ1) is 17.9. The lowest BCUT2D eigenvalue weighted by Gasteiger charge is -2.45. The fraction of sp³-hybridized carbons (Fsp3) is 0.323. The first-order valence-corrected chi connectivity index (χ1v) is 13.4. The summed E-state index contributed by atoms with van der Waals surface area (Å²) in [7, 11) is 0. The molecule has 0 saturated carbocycles. The lowest BCUT2D eigenvalue weighted by Crippen LogP contribution is -2.48. The van der Waals surface area contributed by atoms with Crippen molar-refractivity contribution in [1.29, 1.82) is 0 Å². The monoisotopic (exact) mass is 512 g/mol. The molecule has 1 heterocycles. The van der Waals surface area contributed by atoms with E-state index in [-0.39, 0.29) is 29.6 Å². The van der Waals surface area contributed by atoms with E-state index in [0.717, 1.165) is 40.7 Å². The van der Waals surface area contributed by atoms with Crippen LogP contribution >= 0.6 is 11.6 Å². The zero-order chi connectivity index (χ0) is 25.8. The summed E-state index contributed by atoms with van der Waals surface area (Å²) < 4.78 is 0. The number of benzene rings is 3. The van der Waals surface area contributed by atoms with E-state index in [9.17, 15) is 14.4 Å². The summed E-state index contributed by atoms with van der Waals surface area (Å²) in [6, 6.07) is 20.8. The van der Waals surface area contributed by atoms with E-state index in [1.54, 1.807) is 12.1 Å². The molecule has 0 aromatic heterocycles. The predicted octanol–water partition coefficient (Wildman–Crippen LogP) is 6.04. The smallest absolute Gasteiger partial charge is 0.247 e. The number of imide groups is 1. The van der Waals surface area contributed by atoms with Gasteiger partial charge in [0.2, 0.25) is 17.7 Å². The lowest BCUT2D eigenvalue weighted by atomic mass is 9.55. The minimum absolute atomic E-state index is 0.186. The van der Waals surface area contributed by atoms with E-state index in [4.69, 9.17) is 11.6 Å². The molecule has 2 bridgehead atoms. The summed E-state index contributed by atoms with van der Waals surface area (Å²) in [5.74, 6) is -2.17. The van der Waals surface area contributed by atoms with Gasteiger partial charge in [-0.2, -0.15) is 0 Å². The number of amides is 3. The molecule has 1 aliphatic heterocycles. The fourth-order valence-electron chi connectivity index (χ4n) is 6.68. The number of halogens is 1. The van der Waals surface area contributed by atoms with E-state index in [1.807, 2.05) is 44.2 Å². The number of nitrogens with one attached hydrogen (secondary N) is 1. The van der Waals surface area contributed by atoms with E-state index in [2.05, 4.69) is 29.6 Å². The highest BCUT2D eigenvalue weighted by Crippen LogP contribution is 2.61. The number of unbranched alkanes of at least 4 members (excludes halogenated alkanes) is 1. The van der Waals surface area contributed by atoms with Crippen LogP contribution in [0.1, 0.15) is 65.8 Å². The Kier molecular flexibility index (Phi) is 5.91. The number of hydrogen-bond acceptors (Lipinski definition) is 3. The van der Waals surface area contributed by atoms with Gasteiger partial charge in [-0.05, 0) is 53.3 Å². The van der Waals surface area contributed by atoms with E-state index in [1.165, 1.54) is 4.90 Å². The maximum atomic E-state index is 14.1. The minimum atomic E-state index is -0.865. The lowest BCUT2D eigenvalue weighted by molar-refractivity contribution is -0.147. The van der Waals surface area contributed by atoms with Gasteiger partial charge in [0, 0.05) is 22.5 Å². The number of aryl methyl sites for hydroxylation is 1. The molecule has 1 saturated heterocycles. The van der Waals surface area contributed by atoms with Gasteiger partial charge in [0.25, 0.3) is 0 Å². The van der Waals surface area contributed by atoms with Gasteiger partial charge < -0.3 is 5.32 Å². The molecule has 5 nitrogen and oxygen atoms in total. The number of nitrogens with zero attached hydrogens (tertiary/aromatic N) is 1. The minimum Gasteiger partial charge on any atom is -0.324 e. The Hall–Kier alpha value is -3.44. The third kappa shape index (κ3) is 3.63. The Morgan fingerprint density at radius 2 is 1.41 bits per heavy atom. The number of anilines is 1. The number of carbonyl (C=O) groups excluding carboxylic acids is 3. The molecule has 37 heavy (non-hydrogen) atoms. The Morgan fingerprint density at radius 1 is 0.892 bits per heavy atom. The van der Waals surface area contributed by atoms with E-state index >= 15 is 0 Å². The van der Waals surface area contributed by atoms with Crippen LogP contribution in [0.25, 0.3) is 0 Å². The summed E-state index contributed by atoms with van der Waals surface area (Å²) in [6.45, 7) is 3.93. The molecular weight excluding hydrogens is 484 g/mol. The molecule has 3 atom stereocenters. The predicted molar refractivity (Wildman–Crippen MR) is 144 cm³/mol. The molecule has 4 aliphatic rings. The molecule has 0 unspecified atom stereocenters. The highest BCUT2D eigenvalue weighted by atomic mass is 35.5. The second-order valence-electron chi connectivity index (χ2n) is 10.4. The molecule has 3 aromatic carbocycles. The normalized spacial score (nSPS) is 23.9. The molecule has 1 fully saturated rings. The average molecular weight is 513 g/mol. The molecule has 6 heteroatoms. The molecule has 7 rings (SSSR count). The van der Waals surface area contributed by atoms with Crippen LogP contribution in [0.4, 0.5) is 5.69 Å². The standard InChI is InChI=1S/C31H29ClN2O3/c1-3-4-13-24(29(35)33-18-15-14-17(2)23(32)16-18)34-30(36)27-25-19-9-5-6-10-20(19)26(28(27)31(34)37)22-12-8-7-11-21(22)25/h5-12,14-16,24-28H,3-4,13H2,1-2H3,(H,33,35)/t24-,25?,26?,27-,28+/m0/s1. The fourth-order valence-corrected chi connectivity index (χ4v) is 6.86. The third-order valence-corrected chi connectivity index (χ3v) is 8.77. The van der Waals surface area contributed by atoms with Crippen molar-refractivity contribution in [2.24, 2.45) is 11.8 Å². The van der Waals surface area contributed by atoms with Gasteiger partial charge in [0.05, 0.1) is 11.8 Å². The highest BCUT2D eigenvalue weighted by Gasteiger charge is 2.62. The summed E-state index contributed by atoms with van der Waals surface area (Å²) in [4.78, 5) is 43.2. The molecule has 0 spiro atoms. The van der Waals surface area contributed by atoms with Crippen LogP contribution in [0.5, 0.6) is 0 Å². The number of carbonyl (C=O) groups is 3. The summed E-state index contributed by atoms with van der Waals surface area (Å²) >= 11 is 6.27. The molecule has 3 aromatic rings. The summed E-state index contributed by atoms with van der Waals surface area (Å²) in [6.07, 6.45) is 2.01. The van der Waals surface area contributed by atoms with Gasteiger partial charge in [-0.15, -0.1) is 0 Å². The van der Waals surface area contributed by atoms with Crippen molar-refractivity contribution in [2.45, 2.75) is 51.0 Å². The first-order valence-electron chi connectivity index (χ1n) is 13.0. The van der Waals surface area contributed by atoms with Gasteiger partial charge in [0.1, 0.15) is 6.04 Å². The van der Waals surface area contributed by atoms with Crippen molar-refractivity contribution in [3.63, 3.8) is 0 Å². The average Bonchev–Trinajstić information content (AvgIpc) is 3.17. The van der Waals surface area contributed by atoms with Crippen LogP contribution < -0.4 is 5.32 Å². The van der Waals surface area contributed by atoms with Gasteiger partial charge in [-0.1, -0.05) is 86.0 Å². The third-order valence-electron chi connectivity index (χ3n) is 8.37. The Labute approximate surface area is 221 Å². The van der Waals surface area contributed by atoms with E-state index in [0.29, 0.717) is 17.1 Å². The maximum Gasteiger partial charge on any atom is 0.247 e. The van der Waals surface area contributed by atoms with Crippen LogP contribution in [0.15, 0.2) is 66.7 Å². The summed E-state index contributed by atoms with van der Waals surface area (Å²) in [5.41, 5.74) is 5.96. The second kappa shape index (κ2) is 9.14. The zero-order valence-corrected chi connectivity index (χ0v) is 21.7. The maximum absolute atomic E-state index is 14.1. The van der Waals surface area contributed by atoms with Crippen molar-refractivity contribution in [3.05, 3.63) is 99.6 Å². The second-order valence-corrected chi connectivity index (χ2v) is 10.8. The topological polar surface area (TPSA) is 66.5 Å². The number of hydrogen-bond donors (Lipinski definition) is 1. The largest absolute Gasteiger partial charge is 0.324 e. The van der Waals surface area contributed by atoms with Crippen molar-refractivity contribution >= 4 is 35.0 Å². The number of likely N-dealkylation sites (tertiary alicyclic amines) is 1. The van der Waals surface area contributed by atoms with Gasteiger partial charge in [-0.3, -0.25) is 19.3 Å². The SMILES string of the molecule is CCCC[C@@H](C(=O)Nc1ccc(C)c(Cl)c1)N1C(=O)[C@@H]2C3c4ccccc4C(c4ccccc43)[C@@H]2C1=O. The Morgan fingerprint density at radius 3 is 1.86 bits per heavy atom. The van der Waals surface area contributed by atoms with Crippen molar-refractivity contribution in [1.82, 2.24) is 4.90 Å². The molecule has 0 radical (unpaired) electrons. The van der Waals surface area contributed by atoms with Crippen molar-refractivity contribution in [3.8, 4) is 0 Å². The molecular formula is C31H29ClN2O3. The first kappa shape index (κ1) is 23.9. The van der Waals surface area contributed by atoms with Crippen molar-refractivity contribution < 1.29 is 14.4 Å². The highest BCUT2D eigenvalue weighted by molar-refractivity contribution is 6.31. The quantitative estimate of drug-likeness (QED) is 0.409. The van der Waals surface area contributed by atoms with Gasteiger partial charge in [0.15, 0.2) is 0 Å².